The fourth-order valence-electron chi connectivity index (χ4n) is 9.50. The molecule has 0 spiro atoms. The first-order valence-corrected chi connectivity index (χ1v) is 13.7. The smallest absolute Gasteiger partial charge is 0.137 e. The molecule has 0 unspecified atom stereocenters. The van der Waals surface area contributed by atoms with E-state index in [-0.39, 0.29) is 11.3 Å². The molecule has 4 fully saturated rings. The van der Waals surface area contributed by atoms with Crippen molar-refractivity contribution in [3.05, 3.63) is 0 Å². The molecule has 0 radical (unpaired) electrons. The Labute approximate surface area is 191 Å². The van der Waals surface area contributed by atoms with E-state index in [4.69, 9.17) is 0 Å². The second-order valence-corrected chi connectivity index (χ2v) is 13.0. The molecule has 4 aliphatic carbocycles. The molecule has 0 aromatic carbocycles. The minimum absolute atomic E-state index is 0.0255. The summed E-state index contributed by atoms with van der Waals surface area (Å²) in [5.41, 5.74) is 0.513. The van der Waals surface area contributed by atoms with E-state index in [1.807, 2.05) is 0 Å². The summed E-state index contributed by atoms with van der Waals surface area (Å²) < 4.78 is 0. The summed E-state index contributed by atoms with van der Waals surface area (Å²) in [6.07, 6.45) is 12.4. The van der Waals surface area contributed by atoms with Gasteiger partial charge in [0.05, 0.1) is 0 Å². The van der Waals surface area contributed by atoms with Gasteiger partial charge in [-0.25, -0.2) is 0 Å². The van der Waals surface area contributed by atoms with Gasteiger partial charge in [-0.1, -0.05) is 54.4 Å². The van der Waals surface area contributed by atoms with Crippen molar-refractivity contribution < 1.29 is 9.59 Å². The summed E-state index contributed by atoms with van der Waals surface area (Å²) in [4.78, 5) is 25.4. The standard InChI is InChI=1S/C29H48O2/c1-7-20(18(2)3)9-8-19(4)23-10-11-24-22-17-27(31)26-16-21(30)12-14-29(26,6)25(22)13-15-28(23,24)5/h18-20,22-26H,7-17H2,1-6H3/t19-,20-,22-,23-,24+,25+,26+,28-,29+/m1/s1. The van der Waals surface area contributed by atoms with Crippen LogP contribution in [0.1, 0.15) is 112 Å². The Morgan fingerprint density at radius 1 is 0.903 bits per heavy atom. The zero-order valence-corrected chi connectivity index (χ0v) is 21.2. The van der Waals surface area contributed by atoms with Crippen molar-refractivity contribution in [3.8, 4) is 0 Å². The number of rotatable bonds is 6. The van der Waals surface area contributed by atoms with Gasteiger partial charge in [0.1, 0.15) is 11.6 Å². The molecule has 0 amide bonds. The third-order valence-electron chi connectivity index (χ3n) is 11.5. The quantitative estimate of drug-likeness (QED) is 0.439. The first kappa shape index (κ1) is 23.5. The Hall–Kier alpha value is -0.660. The van der Waals surface area contributed by atoms with Gasteiger partial charge in [0.25, 0.3) is 0 Å². The third kappa shape index (κ3) is 3.86. The zero-order chi connectivity index (χ0) is 22.6. The summed E-state index contributed by atoms with van der Waals surface area (Å²) >= 11 is 0. The van der Waals surface area contributed by atoms with Gasteiger partial charge in [0, 0.05) is 25.2 Å². The summed E-state index contributed by atoms with van der Waals surface area (Å²) in [5.74, 6) is 6.05. The van der Waals surface area contributed by atoms with Crippen LogP contribution in [0.4, 0.5) is 0 Å². The minimum Gasteiger partial charge on any atom is -0.300 e. The van der Waals surface area contributed by atoms with Crippen molar-refractivity contribution in [2.45, 2.75) is 112 Å². The van der Waals surface area contributed by atoms with Crippen LogP contribution >= 0.6 is 0 Å². The average molecular weight is 429 g/mol. The molecule has 4 aliphatic rings. The molecule has 2 heteroatoms. The lowest BCUT2D eigenvalue weighted by Gasteiger charge is -2.59. The molecule has 4 saturated carbocycles. The van der Waals surface area contributed by atoms with E-state index in [2.05, 4.69) is 41.5 Å². The van der Waals surface area contributed by atoms with Gasteiger partial charge in [-0.15, -0.1) is 0 Å². The van der Waals surface area contributed by atoms with Gasteiger partial charge in [-0.05, 0) is 90.8 Å². The first-order chi connectivity index (χ1) is 14.6. The monoisotopic (exact) mass is 428 g/mol. The molecule has 0 aliphatic heterocycles. The second kappa shape index (κ2) is 8.60. The highest BCUT2D eigenvalue weighted by molar-refractivity contribution is 5.90. The van der Waals surface area contributed by atoms with Crippen LogP contribution in [0, 0.1) is 58.2 Å². The number of hydrogen-bond acceptors (Lipinski definition) is 2. The molecule has 0 bridgehead atoms. The van der Waals surface area contributed by atoms with E-state index >= 15 is 0 Å². The van der Waals surface area contributed by atoms with Gasteiger partial charge in [0.15, 0.2) is 0 Å². The largest absolute Gasteiger partial charge is 0.300 e. The van der Waals surface area contributed by atoms with Crippen LogP contribution in [0.3, 0.4) is 0 Å². The molecule has 4 rings (SSSR count). The Bertz CT molecular complexity index is 695. The summed E-state index contributed by atoms with van der Waals surface area (Å²) in [6, 6.07) is 0. The lowest BCUT2D eigenvalue weighted by Crippen LogP contribution is -2.56. The van der Waals surface area contributed by atoms with Crippen LogP contribution in [-0.2, 0) is 9.59 Å². The van der Waals surface area contributed by atoms with Crippen molar-refractivity contribution in [3.63, 3.8) is 0 Å². The van der Waals surface area contributed by atoms with Crippen molar-refractivity contribution in [1.29, 1.82) is 0 Å². The highest BCUT2D eigenvalue weighted by Gasteiger charge is 2.62. The van der Waals surface area contributed by atoms with Crippen LogP contribution in [0.5, 0.6) is 0 Å². The number of Topliss-reactive ketones (excluding diaryl/α,β-unsaturated/α-hetero) is 2. The Balaban J connectivity index is 1.49. The molecule has 31 heavy (non-hydrogen) atoms. The topological polar surface area (TPSA) is 34.1 Å². The van der Waals surface area contributed by atoms with Crippen molar-refractivity contribution in [2.75, 3.05) is 0 Å². The van der Waals surface area contributed by atoms with Crippen LogP contribution in [0.15, 0.2) is 0 Å². The van der Waals surface area contributed by atoms with E-state index in [0.29, 0.717) is 41.7 Å². The third-order valence-corrected chi connectivity index (χ3v) is 11.5. The molecule has 0 aromatic heterocycles. The highest BCUT2D eigenvalue weighted by Crippen LogP contribution is 2.67. The van der Waals surface area contributed by atoms with E-state index in [1.54, 1.807) is 0 Å². The number of fused-ring (bicyclic) bond motifs is 5. The summed E-state index contributed by atoms with van der Waals surface area (Å²) in [7, 11) is 0. The van der Waals surface area contributed by atoms with E-state index in [1.165, 1.54) is 44.9 Å². The van der Waals surface area contributed by atoms with Crippen molar-refractivity contribution in [1.82, 2.24) is 0 Å². The van der Waals surface area contributed by atoms with Crippen LogP contribution in [0.25, 0.3) is 0 Å². The Morgan fingerprint density at radius 3 is 2.29 bits per heavy atom. The fraction of sp³-hybridized carbons (Fsp3) is 0.931. The second-order valence-electron chi connectivity index (χ2n) is 13.0. The normalized spacial score (nSPS) is 44.5. The van der Waals surface area contributed by atoms with Crippen molar-refractivity contribution >= 4 is 11.6 Å². The number of carbonyl (C=O) groups excluding carboxylic acids is 2. The average Bonchev–Trinajstić information content (AvgIpc) is 3.07. The van der Waals surface area contributed by atoms with Gasteiger partial charge < -0.3 is 0 Å². The lowest BCUT2D eigenvalue weighted by molar-refractivity contribution is -0.159. The molecule has 0 heterocycles. The maximum Gasteiger partial charge on any atom is 0.137 e. The van der Waals surface area contributed by atoms with Crippen LogP contribution in [0.2, 0.25) is 0 Å². The predicted octanol–water partition coefficient (Wildman–Crippen LogP) is 7.49. The van der Waals surface area contributed by atoms with Crippen LogP contribution < -0.4 is 0 Å². The molecule has 0 aromatic rings. The van der Waals surface area contributed by atoms with Crippen LogP contribution in [-0.4, -0.2) is 11.6 Å². The van der Waals surface area contributed by atoms with E-state index < -0.39 is 0 Å². The number of ketones is 2. The zero-order valence-electron chi connectivity index (χ0n) is 21.2. The number of hydrogen-bond donors (Lipinski definition) is 0. The molecule has 0 N–H and O–H groups in total. The SMILES string of the molecule is CC[C@H](CC[C@@H](C)[C@H]1CC[C@H]2[C@H]3CC(=O)[C@@H]4CC(=O)CC[C@@]4(C)[C@H]3CC[C@]12C)C(C)C. The lowest BCUT2D eigenvalue weighted by atomic mass is 9.44. The molecule has 0 saturated heterocycles. The van der Waals surface area contributed by atoms with E-state index in [0.717, 1.165) is 42.4 Å². The fourth-order valence-corrected chi connectivity index (χ4v) is 9.50. The van der Waals surface area contributed by atoms with Gasteiger partial charge in [0.2, 0.25) is 0 Å². The van der Waals surface area contributed by atoms with E-state index in [9.17, 15) is 9.59 Å². The molecule has 2 nitrogen and oxygen atoms in total. The summed E-state index contributed by atoms with van der Waals surface area (Å²) in [5, 5.41) is 0. The first-order valence-electron chi connectivity index (χ1n) is 13.7. The number of carbonyl (C=O) groups is 2. The molecular formula is C29H48O2. The molecule has 9 atom stereocenters. The maximum absolute atomic E-state index is 13.3. The predicted molar refractivity (Wildman–Crippen MR) is 128 cm³/mol. The van der Waals surface area contributed by atoms with Gasteiger partial charge in [-0.2, -0.15) is 0 Å². The summed E-state index contributed by atoms with van der Waals surface area (Å²) in [6.45, 7) is 14.7. The Kier molecular flexibility index (Phi) is 6.52. The molecular weight excluding hydrogens is 380 g/mol. The van der Waals surface area contributed by atoms with Crippen molar-refractivity contribution in [2.24, 2.45) is 58.2 Å². The van der Waals surface area contributed by atoms with Gasteiger partial charge in [-0.3, -0.25) is 9.59 Å². The highest BCUT2D eigenvalue weighted by atomic mass is 16.1. The maximum atomic E-state index is 13.3. The Morgan fingerprint density at radius 2 is 1.61 bits per heavy atom. The minimum atomic E-state index is 0.0255. The van der Waals surface area contributed by atoms with Gasteiger partial charge >= 0.3 is 0 Å². The molecule has 176 valence electrons.